The van der Waals surface area contributed by atoms with E-state index in [1.54, 1.807) is 12.4 Å². The lowest BCUT2D eigenvalue weighted by molar-refractivity contribution is 0.170. The minimum atomic E-state index is -1.41. The molecule has 0 spiro atoms. The van der Waals surface area contributed by atoms with Gasteiger partial charge in [0.05, 0.1) is 12.2 Å². The van der Waals surface area contributed by atoms with Crippen LogP contribution in [0.3, 0.4) is 0 Å². The molecular weight excluding hydrogens is 355 g/mol. The van der Waals surface area contributed by atoms with Crippen LogP contribution in [0, 0.1) is 17.5 Å². The summed E-state index contributed by atoms with van der Waals surface area (Å²) in [6, 6.07) is 6.26. The molecule has 0 N–H and O–H groups in total. The maximum atomic E-state index is 13.9. The number of likely N-dealkylation sites (tertiary alicyclic amines) is 1. The van der Waals surface area contributed by atoms with E-state index in [-0.39, 0.29) is 18.2 Å². The SMILES string of the molecule is Fc1ccc(CN2CCC(n3cc(-c4cccnc4)nn3)CC2)c(F)c1F. The van der Waals surface area contributed by atoms with E-state index in [1.165, 1.54) is 6.07 Å². The normalized spacial score (nSPS) is 16.0. The maximum absolute atomic E-state index is 13.9. The van der Waals surface area contributed by atoms with Crippen molar-refractivity contribution in [2.45, 2.75) is 25.4 Å². The number of aromatic nitrogens is 4. The van der Waals surface area contributed by atoms with Crippen LogP contribution < -0.4 is 0 Å². The van der Waals surface area contributed by atoms with Crippen LogP contribution >= 0.6 is 0 Å². The molecule has 0 amide bonds. The highest BCUT2D eigenvalue weighted by molar-refractivity contribution is 5.55. The number of benzene rings is 1. The van der Waals surface area contributed by atoms with E-state index in [2.05, 4.69) is 15.3 Å². The standard InChI is InChI=1S/C19H18F3N5/c20-16-4-3-14(18(21)19(16)22)11-26-8-5-15(6-9-26)27-12-17(24-25-27)13-2-1-7-23-10-13/h1-4,7,10,12,15H,5-6,8-9,11H2. The summed E-state index contributed by atoms with van der Waals surface area (Å²) in [6.45, 7) is 1.68. The first-order chi connectivity index (χ1) is 13.1. The van der Waals surface area contributed by atoms with Crippen molar-refractivity contribution in [3.63, 3.8) is 0 Å². The zero-order chi connectivity index (χ0) is 18.8. The van der Waals surface area contributed by atoms with Crippen LogP contribution in [-0.2, 0) is 6.54 Å². The highest BCUT2D eigenvalue weighted by atomic mass is 19.2. The summed E-state index contributed by atoms with van der Waals surface area (Å²) in [7, 11) is 0. The molecular formula is C19H18F3N5. The minimum absolute atomic E-state index is 0.173. The van der Waals surface area contributed by atoms with Crippen molar-refractivity contribution in [1.29, 1.82) is 0 Å². The lowest BCUT2D eigenvalue weighted by Gasteiger charge is -2.31. The van der Waals surface area contributed by atoms with Gasteiger partial charge in [-0.15, -0.1) is 5.10 Å². The van der Waals surface area contributed by atoms with Crippen molar-refractivity contribution >= 4 is 0 Å². The fourth-order valence-corrected chi connectivity index (χ4v) is 3.37. The van der Waals surface area contributed by atoms with Crippen LogP contribution in [-0.4, -0.2) is 38.0 Å². The molecule has 0 aliphatic carbocycles. The first-order valence-electron chi connectivity index (χ1n) is 8.79. The second kappa shape index (κ2) is 7.48. The van der Waals surface area contributed by atoms with Gasteiger partial charge in [-0.25, -0.2) is 17.9 Å². The van der Waals surface area contributed by atoms with Crippen LogP contribution in [0.5, 0.6) is 0 Å². The smallest absolute Gasteiger partial charge is 0.194 e. The van der Waals surface area contributed by atoms with E-state index in [4.69, 9.17) is 0 Å². The third-order valence-electron chi connectivity index (χ3n) is 4.91. The Morgan fingerprint density at radius 3 is 2.59 bits per heavy atom. The molecule has 4 rings (SSSR count). The summed E-state index contributed by atoms with van der Waals surface area (Å²) in [6.07, 6.45) is 7.00. The van der Waals surface area contributed by atoms with Crippen molar-refractivity contribution < 1.29 is 13.2 Å². The molecule has 1 aliphatic heterocycles. The topological polar surface area (TPSA) is 46.8 Å². The fraction of sp³-hybridized carbons (Fsp3) is 0.316. The van der Waals surface area contributed by atoms with Gasteiger partial charge in [-0.1, -0.05) is 11.3 Å². The minimum Gasteiger partial charge on any atom is -0.299 e. The van der Waals surface area contributed by atoms with Crippen LogP contribution in [0.15, 0.2) is 42.9 Å². The van der Waals surface area contributed by atoms with E-state index in [9.17, 15) is 13.2 Å². The van der Waals surface area contributed by atoms with Crippen molar-refractivity contribution in [2.24, 2.45) is 0 Å². The highest BCUT2D eigenvalue weighted by Crippen LogP contribution is 2.25. The average Bonchev–Trinajstić information content (AvgIpc) is 3.20. The molecule has 2 aromatic heterocycles. The maximum Gasteiger partial charge on any atom is 0.194 e. The predicted molar refractivity (Wildman–Crippen MR) is 93.1 cm³/mol. The zero-order valence-corrected chi connectivity index (χ0v) is 14.5. The van der Waals surface area contributed by atoms with Gasteiger partial charge in [-0.05, 0) is 31.0 Å². The van der Waals surface area contributed by atoms with E-state index < -0.39 is 17.5 Å². The van der Waals surface area contributed by atoms with Crippen LogP contribution in [0.4, 0.5) is 13.2 Å². The van der Waals surface area contributed by atoms with Gasteiger partial charge < -0.3 is 0 Å². The second-order valence-corrected chi connectivity index (χ2v) is 6.67. The number of hydrogen-bond acceptors (Lipinski definition) is 4. The molecule has 1 fully saturated rings. The first-order valence-corrected chi connectivity index (χ1v) is 8.79. The zero-order valence-electron chi connectivity index (χ0n) is 14.5. The largest absolute Gasteiger partial charge is 0.299 e. The number of hydrogen-bond donors (Lipinski definition) is 0. The van der Waals surface area contributed by atoms with Crippen molar-refractivity contribution in [3.05, 3.63) is 65.9 Å². The summed E-state index contributed by atoms with van der Waals surface area (Å²) in [4.78, 5) is 6.12. The van der Waals surface area contributed by atoms with Gasteiger partial charge in [0.15, 0.2) is 17.5 Å². The molecule has 140 valence electrons. The van der Waals surface area contributed by atoms with Gasteiger partial charge in [0, 0.05) is 43.2 Å². The van der Waals surface area contributed by atoms with E-state index in [0.717, 1.165) is 30.2 Å². The number of pyridine rings is 1. The first kappa shape index (κ1) is 17.7. The number of rotatable bonds is 4. The molecule has 0 radical (unpaired) electrons. The Morgan fingerprint density at radius 2 is 1.85 bits per heavy atom. The lowest BCUT2D eigenvalue weighted by Crippen LogP contribution is -2.34. The van der Waals surface area contributed by atoms with Crippen molar-refractivity contribution in [3.8, 4) is 11.3 Å². The van der Waals surface area contributed by atoms with E-state index in [1.807, 2.05) is 27.9 Å². The monoisotopic (exact) mass is 373 g/mol. The van der Waals surface area contributed by atoms with Crippen LogP contribution in [0.1, 0.15) is 24.4 Å². The second-order valence-electron chi connectivity index (χ2n) is 6.67. The quantitative estimate of drug-likeness (QED) is 0.656. The third-order valence-corrected chi connectivity index (χ3v) is 4.91. The summed E-state index contributed by atoms with van der Waals surface area (Å²) in [5.41, 5.74) is 1.86. The Morgan fingerprint density at radius 1 is 1.04 bits per heavy atom. The molecule has 3 aromatic rings. The molecule has 8 heteroatoms. The number of halogens is 3. The third kappa shape index (κ3) is 3.71. The fourth-order valence-electron chi connectivity index (χ4n) is 3.37. The Hall–Kier alpha value is -2.74. The summed E-state index contributed by atoms with van der Waals surface area (Å²) >= 11 is 0. The van der Waals surface area contributed by atoms with Crippen LogP contribution in [0.25, 0.3) is 11.3 Å². The van der Waals surface area contributed by atoms with Gasteiger partial charge in [-0.2, -0.15) is 0 Å². The average molecular weight is 373 g/mol. The molecule has 1 aliphatic rings. The highest BCUT2D eigenvalue weighted by Gasteiger charge is 2.23. The Labute approximate surface area is 154 Å². The van der Waals surface area contributed by atoms with E-state index in [0.29, 0.717) is 13.1 Å². The van der Waals surface area contributed by atoms with Gasteiger partial charge in [0.25, 0.3) is 0 Å². The molecule has 0 unspecified atom stereocenters. The van der Waals surface area contributed by atoms with Crippen LogP contribution in [0.2, 0.25) is 0 Å². The molecule has 0 atom stereocenters. The molecule has 1 aromatic carbocycles. The summed E-state index contributed by atoms with van der Waals surface area (Å²) < 4.78 is 42.1. The number of nitrogens with zero attached hydrogens (tertiary/aromatic N) is 5. The van der Waals surface area contributed by atoms with Gasteiger partial charge in [0.1, 0.15) is 5.69 Å². The lowest BCUT2D eigenvalue weighted by atomic mass is 10.0. The van der Waals surface area contributed by atoms with Gasteiger partial charge in [0.2, 0.25) is 0 Å². The summed E-state index contributed by atoms with van der Waals surface area (Å²) in [5, 5.41) is 8.44. The Kier molecular flexibility index (Phi) is 4.89. The van der Waals surface area contributed by atoms with Crippen molar-refractivity contribution in [1.82, 2.24) is 24.9 Å². The predicted octanol–water partition coefficient (Wildman–Crippen LogP) is 3.59. The molecule has 5 nitrogen and oxygen atoms in total. The number of piperidine rings is 1. The molecule has 1 saturated heterocycles. The molecule has 0 bridgehead atoms. The molecule has 27 heavy (non-hydrogen) atoms. The molecule has 3 heterocycles. The Bertz CT molecular complexity index is 920. The molecule has 0 saturated carbocycles. The van der Waals surface area contributed by atoms with Gasteiger partial charge in [-0.3, -0.25) is 9.88 Å². The van der Waals surface area contributed by atoms with E-state index >= 15 is 0 Å². The summed E-state index contributed by atoms with van der Waals surface area (Å²) in [5.74, 6) is -3.67. The van der Waals surface area contributed by atoms with Gasteiger partial charge >= 0.3 is 0 Å². The van der Waals surface area contributed by atoms with Crippen molar-refractivity contribution in [2.75, 3.05) is 13.1 Å². The Balaban J connectivity index is 1.38.